The fourth-order valence-electron chi connectivity index (χ4n) is 5.27. The van der Waals surface area contributed by atoms with Gasteiger partial charge in [0.2, 0.25) is 0 Å². The highest BCUT2D eigenvalue weighted by Crippen LogP contribution is 2.40. The molecular formula is C22H32FN3O. The Balaban J connectivity index is 1.46. The van der Waals surface area contributed by atoms with Crippen molar-refractivity contribution in [3.05, 3.63) is 35.6 Å². The molecule has 2 saturated heterocycles. The molecule has 4 nitrogen and oxygen atoms in total. The molecule has 5 heteroatoms. The van der Waals surface area contributed by atoms with Crippen molar-refractivity contribution in [2.75, 3.05) is 39.9 Å². The number of guanidine groups is 1. The molecule has 1 aromatic rings. The highest BCUT2D eigenvalue weighted by Gasteiger charge is 2.42. The molecule has 0 aromatic heterocycles. The summed E-state index contributed by atoms with van der Waals surface area (Å²) in [5, 5.41) is 3.68. The van der Waals surface area contributed by atoms with Gasteiger partial charge in [0.1, 0.15) is 5.82 Å². The lowest BCUT2D eigenvalue weighted by molar-refractivity contribution is 0.156. The predicted molar refractivity (Wildman–Crippen MR) is 107 cm³/mol. The van der Waals surface area contributed by atoms with Gasteiger partial charge in [-0.15, -0.1) is 0 Å². The van der Waals surface area contributed by atoms with Gasteiger partial charge in [0, 0.05) is 44.1 Å². The van der Waals surface area contributed by atoms with Crippen molar-refractivity contribution in [3.63, 3.8) is 0 Å². The molecule has 0 bridgehead atoms. The molecule has 3 fully saturated rings. The minimum Gasteiger partial charge on any atom is -0.381 e. The van der Waals surface area contributed by atoms with Crippen LogP contribution in [0.25, 0.3) is 0 Å². The molecule has 27 heavy (non-hydrogen) atoms. The van der Waals surface area contributed by atoms with Crippen molar-refractivity contribution < 1.29 is 9.13 Å². The molecular weight excluding hydrogens is 341 g/mol. The zero-order chi connectivity index (χ0) is 18.7. The summed E-state index contributed by atoms with van der Waals surface area (Å²) in [4.78, 5) is 6.98. The highest BCUT2D eigenvalue weighted by molar-refractivity contribution is 5.80. The maximum absolute atomic E-state index is 13.4. The van der Waals surface area contributed by atoms with Crippen molar-refractivity contribution in [2.24, 2.45) is 10.4 Å². The number of benzene rings is 1. The van der Waals surface area contributed by atoms with Crippen LogP contribution in [0.3, 0.4) is 0 Å². The Morgan fingerprint density at radius 1 is 1.15 bits per heavy atom. The van der Waals surface area contributed by atoms with Crippen LogP contribution >= 0.6 is 0 Å². The van der Waals surface area contributed by atoms with E-state index in [0.29, 0.717) is 5.41 Å². The van der Waals surface area contributed by atoms with E-state index >= 15 is 0 Å². The first-order valence-corrected chi connectivity index (χ1v) is 10.4. The number of rotatable bonds is 3. The van der Waals surface area contributed by atoms with Crippen LogP contribution in [0.1, 0.15) is 50.5 Å². The molecule has 1 spiro atoms. The average molecular weight is 374 g/mol. The van der Waals surface area contributed by atoms with Gasteiger partial charge >= 0.3 is 0 Å². The van der Waals surface area contributed by atoms with Gasteiger partial charge in [-0.1, -0.05) is 31.4 Å². The Morgan fingerprint density at radius 3 is 2.59 bits per heavy atom. The zero-order valence-corrected chi connectivity index (χ0v) is 16.5. The van der Waals surface area contributed by atoms with Crippen molar-refractivity contribution >= 4 is 5.96 Å². The number of ether oxygens (including phenoxy) is 1. The molecule has 0 amide bonds. The molecule has 148 valence electrons. The Bertz CT molecular complexity index is 661. The average Bonchev–Trinajstić information content (AvgIpc) is 3.34. The Morgan fingerprint density at radius 2 is 1.93 bits per heavy atom. The minimum absolute atomic E-state index is 0.0791. The van der Waals surface area contributed by atoms with E-state index in [-0.39, 0.29) is 11.2 Å². The smallest absolute Gasteiger partial charge is 0.193 e. The molecule has 4 rings (SSSR count). The second-order valence-electron chi connectivity index (χ2n) is 8.72. The number of aliphatic imine (C=N–C) groups is 1. The molecule has 1 aromatic carbocycles. The van der Waals surface area contributed by atoms with Gasteiger partial charge in [-0.2, -0.15) is 0 Å². The lowest BCUT2D eigenvalue weighted by Crippen LogP contribution is -2.48. The Labute approximate surface area is 162 Å². The number of nitrogens with zero attached hydrogens (tertiary/aromatic N) is 2. The Hall–Kier alpha value is -1.62. The van der Waals surface area contributed by atoms with Crippen LogP contribution < -0.4 is 5.32 Å². The molecule has 0 radical (unpaired) electrons. The monoisotopic (exact) mass is 373 g/mol. The van der Waals surface area contributed by atoms with E-state index in [1.165, 1.54) is 37.7 Å². The van der Waals surface area contributed by atoms with Gasteiger partial charge < -0.3 is 15.0 Å². The largest absolute Gasteiger partial charge is 0.381 e. The van der Waals surface area contributed by atoms with E-state index in [1.54, 1.807) is 12.1 Å². The van der Waals surface area contributed by atoms with Crippen molar-refractivity contribution in [3.8, 4) is 0 Å². The van der Waals surface area contributed by atoms with E-state index < -0.39 is 0 Å². The van der Waals surface area contributed by atoms with Crippen LogP contribution in [0.15, 0.2) is 29.3 Å². The fourth-order valence-corrected chi connectivity index (χ4v) is 5.27. The molecule has 3 aliphatic rings. The minimum atomic E-state index is -0.158. The van der Waals surface area contributed by atoms with E-state index in [9.17, 15) is 4.39 Å². The third-order valence-corrected chi connectivity index (χ3v) is 6.99. The topological polar surface area (TPSA) is 36.9 Å². The van der Waals surface area contributed by atoms with Crippen LogP contribution in [-0.2, 0) is 10.2 Å². The molecule has 2 heterocycles. The first-order valence-electron chi connectivity index (χ1n) is 10.4. The van der Waals surface area contributed by atoms with Gasteiger partial charge in [-0.05, 0) is 43.4 Å². The van der Waals surface area contributed by atoms with E-state index in [0.717, 1.165) is 51.6 Å². The third kappa shape index (κ3) is 3.84. The van der Waals surface area contributed by atoms with Crippen molar-refractivity contribution in [1.82, 2.24) is 10.2 Å². The number of hydrogen-bond acceptors (Lipinski definition) is 2. The van der Waals surface area contributed by atoms with Crippen LogP contribution in [-0.4, -0.2) is 50.8 Å². The van der Waals surface area contributed by atoms with Crippen LogP contribution in [0.4, 0.5) is 4.39 Å². The Kier molecular flexibility index (Phi) is 5.40. The summed E-state index contributed by atoms with van der Waals surface area (Å²) in [5.74, 6) is 0.848. The standard InChI is InChI=1S/C22H32FN3O/c1-24-20(26-13-11-21(16-26)12-14-27-17-21)25-15-22(9-3-2-4-10-22)18-5-7-19(23)8-6-18/h5-8H,2-4,9-17H2,1H3,(H,24,25). The van der Waals surface area contributed by atoms with E-state index in [2.05, 4.69) is 15.2 Å². The third-order valence-electron chi connectivity index (χ3n) is 6.99. The summed E-state index contributed by atoms with van der Waals surface area (Å²) in [5.41, 5.74) is 1.67. The summed E-state index contributed by atoms with van der Waals surface area (Å²) in [6, 6.07) is 7.16. The van der Waals surface area contributed by atoms with E-state index in [4.69, 9.17) is 4.74 Å². The second-order valence-corrected chi connectivity index (χ2v) is 8.72. The van der Waals surface area contributed by atoms with Gasteiger partial charge in [0.05, 0.1) is 6.61 Å². The number of nitrogens with one attached hydrogen (secondary N) is 1. The van der Waals surface area contributed by atoms with Gasteiger partial charge in [-0.3, -0.25) is 4.99 Å². The number of halogens is 1. The summed E-state index contributed by atoms with van der Waals surface area (Å²) < 4.78 is 19.1. The molecule has 1 unspecified atom stereocenters. The van der Waals surface area contributed by atoms with Crippen LogP contribution in [0.5, 0.6) is 0 Å². The zero-order valence-electron chi connectivity index (χ0n) is 16.5. The lowest BCUT2D eigenvalue weighted by Gasteiger charge is -2.39. The van der Waals surface area contributed by atoms with Crippen LogP contribution in [0, 0.1) is 11.2 Å². The maximum Gasteiger partial charge on any atom is 0.193 e. The quantitative estimate of drug-likeness (QED) is 0.648. The summed E-state index contributed by atoms with van der Waals surface area (Å²) in [7, 11) is 1.88. The molecule has 1 saturated carbocycles. The normalized spacial score (nSPS) is 28.1. The van der Waals surface area contributed by atoms with Crippen molar-refractivity contribution in [1.29, 1.82) is 0 Å². The number of hydrogen-bond donors (Lipinski definition) is 1. The van der Waals surface area contributed by atoms with Gasteiger partial charge in [0.25, 0.3) is 0 Å². The van der Waals surface area contributed by atoms with Gasteiger partial charge in [-0.25, -0.2) is 4.39 Å². The first kappa shape index (κ1) is 18.7. The molecule has 2 aliphatic heterocycles. The second kappa shape index (κ2) is 7.78. The highest BCUT2D eigenvalue weighted by atomic mass is 19.1. The molecule has 1 N–H and O–H groups in total. The SMILES string of the molecule is CN=C(NCC1(c2ccc(F)cc2)CCCCC1)N1CCC2(CCOC2)C1. The summed E-state index contributed by atoms with van der Waals surface area (Å²) >= 11 is 0. The van der Waals surface area contributed by atoms with E-state index in [1.807, 2.05) is 19.2 Å². The first-order chi connectivity index (χ1) is 13.1. The molecule has 1 atom stereocenters. The molecule has 1 aliphatic carbocycles. The fraction of sp³-hybridized carbons (Fsp3) is 0.682. The van der Waals surface area contributed by atoms with Gasteiger partial charge in [0.15, 0.2) is 5.96 Å². The van der Waals surface area contributed by atoms with Crippen LogP contribution in [0.2, 0.25) is 0 Å². The van der Waals surface area contributed by atoms with Crippen molar-refractivity contribution in [2.45, 2.75) is 50.4 Å². The summed E-state index contributed by atoms with van der Waals surface area (Å²) in [6.07, 6.45) is 8.44. The maximum atomic E-state index is 13.4. The number of likely N-dealkylation sites (tertiary alicyclic amines) is 1. The summed E-state index contributed by atoms with van der Waals surface area (Å²) in [6.45, 7) is 4.74. The predicted octanol–water partition coefficient (Wildman–Crippen LogP) is 3.72. The lowest BCUT2D eigenvalue weighted by atomic mass is 9.69.